The third kappa shape index (κ3) is 2.70. The van der Waals surface area contributed by atoms with E-state index in [2.05, 4.69) is 17.3 Å². The quantitative estimate of drug-likeness (QED) is 0.919. The average molecular weight is 273 g/mol. The molecule has 0 amide bonds. The third-order valence-electron chi connectivity index (χ3n) is 4.65. The van der Waals surface area contributed by atoms with E-state index < -0.39 is 5.82 Å². The average Bonchev–Trinajstić information content (AvgIpc) is 2.79. The maximum absolute atomic E-state index is 13.3. The van der Waals surface area contributed by atoms with Gasteiger partial charge in [-0.2, -0.15) is 5.26 Å². The zero-order valence-electron chi connectivity index (χ0n) is 11.8. The molecule has 0 radical (unpaired) electrons. The Labute approximate surface area is 119 Å². The molecule has 0 aromatic heterocycles. The van der Waals surface area contributed by atoms with E-state index in [0.717, 1.165) is 12.1 Å². The molecule has 0 aliphatic carbocycles. The number of rotatable bonds is 3. The summed E-state index contributed by atoms with van der Waals surface area (Å²) in [6, 6.07) is 8.68. The molecule has 2 heterocycles. The molecule has 2 unspecified atom stereocenters. The normalized spacial score (nSPS) is 28.6. The van der Waals surface area contributed by atoms with Crippen LogP contribution in [0.5, 0.6) is 0 Å². The Morgan fingerprint density at radius 3 is 2.70 bits per heavy atom. The van der Waals surface area contributed by atoms with Crippen molar-refractivity contribution in [1.82, 2.24) is 10.2 Å². The Kier molecular flexibility index (Phi) is 3.73. The van der Waals surface area contributed by atoms with E-state index in [1.165, 1.54) is 31.7 Å². The van der Waals surface area contributed by atoms with Gasteiger partial charge in [0.2, 0.25) is 0 Å². The molecule has 20 heavy (non-hydrogen) atoms. The van der Waals surface area contributed by atoms with Crippen molar-refractivity contribution in [2.75, 3.05) is 7.05 Å². The van der Waals surface area contributed by atoms with Crippen LogP contribution in [-0.4, -0.2) is 30.1 Å². The number of nitrogens with zero attached hydrogens (tertiary/aromatic N) is 2. The third-order valence-corrected chi connectivity index (χ3v) is 4.65. The summed E-state index contributed by atoms with van der Waals surface area (Å²) < 4.78 is 13.3. The SMILES string of the molecule is CN(Cc1ccc(F)c(C#N)c1)C1CC2CCC(C1)N2. The van der Waals surface area contributed by atoms with Crippen LogP contribution in [0.15, 0.2) is 18.2 Å². The summed E-state index contributed by atoms with van der Waals surface area (Å²) in [5.74, 6) is -0.432. The first-order chi connectivity index (χ1) is 9.65. The standard InChI is InChI=1S/C16H20FN3/c1-20(15-7-13-3-4-14(8-15)19-13)10-11-2-5-16(17)12(6-11)9-18/h2,5-6,13-15,19H,3-4,7-8,10H2,1H3. The van der Waals surface area contributed by atoms with Crippen molar-refractivity contribution in [3.05, 3.63) is 35.1 Å². The van der Waals surface area contributed by atoms with Crippen LogP contribution in [0, 0.1) is 17.1 Å². The molecule has 1 aromatic carbocycles. The molecule has 0 spiro atoms. The van der Waals surface area contributed by atoms with Crippen molar-refractivity contribution in [2.24, 2.45) is 0 Å². The molecule has 2 fully saturated rings. The fraction of sp³-hybridized carbons (Fsp3) is 0.562. The van der Waals surface area contributed by atoms with Crippen LogP contribution in [-0.2, 0) is 6.54 Å². The first-order valence-electron chi connectivity index (χ1n) is 7.30. The lowest BCUT2D eigenvalue weighted by atomic mass is 9.98. The van der Waals surface area contributed by atoms with E-state index in [-0.39, 0.29) is 5.56 Å². The maximum atomic E-state index is 13.3. The molecule has 2 saturated heterocycles. The molecule has 106 valence electrons. The van der Waals surface area contributed by atoms with Gasteiger partial charge in [-0.25, -0.2) is 4.39 Å². The van der Waals surface area contributed by atoms with Gasteiger partial charge < -0.3 is 5.32 Å². The number of benzene rings is 1. The first-order valence-corrected chi connectivity index (χ1v) is 7.30. The number of hydrogen-bond acceptors (Lipinski definition) is 3. The molecular formula is C16H20FN3. The fourth-order valence-corrected chi connectivity index (χ4v) is 3.56. The molecule has 1 N–H and O–H groups in total. The molecular weight excluding hydrogens is 253 g/mol. The summed E-state index contributed by atoms with van der Waals surface area (Å²) in [7, 11) is 2.13. The van der Waals surface area contributed by atoms with E-state index in [9.17, 15) is 4.39 Å². The lowest BCUT2D eigenvalue weighted by molar-refractivity contribution is 0.166. The van der Waals surface area contributed by atoms with Crippen molar-refractivity contribution in [1.29, 1.82) is 5.26 Å². The highest BCUT2D eigenvalue weighted by molar-refractivity contribution is 5.34. The summed E-state index contributed by atoms with van der Waals surface area (Å²) in [4.78, 5) is 2.35. The topological polar surface area (TPSA) is 39.1 Å². The van der Waals surface area contributed by atoms with Gasteiger partial charge in [0, 0.05) is 24.7 Å². The number of hydrogen-bond donors (Lipinski definition) is 1. The predicted molar refractivity (Wildman–Crippen MR) is 75.5 cm³/mol. The van der Waals surface area contributed by atoms with Crippen LogP contribution in [0.4, 0.5) is 4.39 Å². The number of nitrogens with one attached hydrogen (secondary N) is 1. The van der Waals surface area contributed by atoms with Crippen LogP contribution < -0.4 is 5.32 Å². The summed E-state index contributed by atoms with van der Waals surface area (Å²) in [5, 5.41) is 12.5. The van der Waals surface area contributed by atoms with Gasteiger partial charge in [-0.05, 0) is 50.4 Å². The van der Waals surface area contributed by atoms with Crippen LogP contribution in [0.3, 0.4) is 0 Å². The van der Waals surface area contributed by atoms with E-state index in [1.54, 1.807) is 12.1 Å². The van der Waals surface area contributed by atoms with Crippen molar-refractivity contribution < 1.29 is 4.39 Å². The van der Waals surface area contributed by atoms with Gasteiger partial charge in [0.05, 0.1) is 5.56 Å². The Morgan fingerprint density at radius 1 is 1.35 bits per heavy atom. The van der Waals surface area contributed by atoms with Crippen molar-refractivity contribution in [3.8, 4) is 6.07 Å². The van der Waals surface area contributed by atoms with Crippen LogP contribution in [0.2, 0.25) is 0 Å². The van der Waals surface area contributed by atoms with Gasteiger partial charge >= 0.3 is 0 Å². The molecule has 4 heteroatoms. The number of nitriles is 1. The molecule has 3 rings (SSSR count). The minimum absolute atomic E-state index is 0.140. The van der Waals surface area contributed by atoms with E-state index in [4.69, 9.17) is 5.26 Å². The van der Waals surface area contributed by atoms with Gasteiger partial charge in [0.1, 0.15) is 11.9 Å². The van der Waals surface area contributed by atoms with Gasteiger partial charge in [-0.1, -0.05) is 6.07 Å². The van der Waals surface area contributed by atoms with Crippen molar-refractivity contribution >= 4 is 0 Å². The summed E-state index contributed by atoms with van der Waals surface area (Å²) in [5.41, 5.74) is 1.15. The van der Waals surface area contributed by atoms with Crippen LogP contribution >= 0.6 is 0 Å². The number of piperidine rings is 1. The summed E-state index contributed by atoms with van der Waals surface area (Å²) in [6.45, 7) is 0.777. The molecule has 2 atom stereocenters. The number of fused-ring (bicyclic) bond motifs is 2. The summed E-state index contributed by atoms with van der Waals surface area (Å²) >= 11 is 0. The van der Waals surface area contributed by atoms with E-state index >= 15 is 0 Å². The monoisotopic (exact) mass is 273 g/mol. The lowest BCUT2D eigenvalue weighted by Gasteiger charge is -2.35. The zero-order chi connectivity index (χ0) is 14.1. The Hall–Kier alpha value is -1.44. The molecule has 0 saturated carbocycles. The fourth-order valence-electron chi connectivity index (χ4n) is 3.56. The molecule has 2 aliphatic heterocycles. The highest BCUT2D eigenvalue weighted by Crippen LogP contribution is 2.29. The molecule has 1 aromatic rings. The lowest BCUT2D eigenvalue weighted by Crippen LogP contribution is -2.46. The van der Waals surface area contributed by atoms with Gasteiger partial charge in [-0.3, -0.25) is 4.90 Å². The van der Waals surface area contributed by atoms with E-state index in [1.807, 2.05) is 6.07 Å². The Balaban J connectivity index is 1.67. The minimum atomic E-state index is -0.432. The molecule has 2 bridgehead atoms. The van der Waals surface area contributed by atoms with Gasteiger partial charge in [-0.15, -0.1) is 0 Å². The van der Waals surface area contributed by atoms with Crippen LogP contribution in [0.25, 0.3) is 0 Å². The zero-order valence-corrected chi connectivity index (χ0v) is 11.8. The minimum Gasteiger partial charge on any atom is -0.311 e. The first kappa shape index (κ1) is 13.5. The smallest absolute Gasteiger partial charge is 0.140 e. The highest BCUT2D eigenvalue weighted by atomic mass is 19.1. The summed E-state index contributed by atoms with van der Waals surface area (Å²) in [6.07, 6.45) is 4.98. The van der Waals surface area contributed by atoms with Gasteiger partial charge in [0.25, 0.3) is 0 Å². The Morgan fingerprint density at radius 2 is 2.05 bits per heavy atom. The highest BCUT2D eigenvalue weighted by Gasteiger charge is 2.34. The maximum Gasteiger partial charge on any atom is 0.140 e. The van der Waals surface area contributed by atoms with E-state index in [0.29, 0.717) is 18.1 Å². The second kappa shape index (κ2) is 5.51. The van der Waals surface area contributed by atoms with Crippen LogP contribution in [0.1, 0.15) is 36.8 Å². The number of halogens is 1. The van der Waals surface area contributed by atoms with Gasteiger partial charge in [0.15, 0.2) is 0 Å². The van der Waals surface area contributed by atoms with Crippen molar-refractivity contribution in [2.45, 2.75) is 50.4 Å². The second-order valence-electron chi connectivity index (χ2n) is 6.10. The molecule has 3 nitrogen and oxygen atoms in total. The predicted octanol–water partition coefficient (Wildman–Crippen LogP) is 2.41. The Bertz CT molecular complexity index is 525. The van der Waals surface area contributed by atoms with Crippen molar-refractivity contribution in [3.63, 3.8) is 0 Å². The second-order valence-corrected chi connectivity index (χ2v) is 6.10. The largest absolute Gasteiger partial charge is 0.311 e. The molecule has 2 aliphatic rings.